The van der Waals surface area contributed by atoms with E-state index in [9.17, 15) is 19.7 Å². The van der Waals surface area contributed by atoms with Gasteiger partial charge in [0.15, 0.2) is 5.75 Å². The first kappa shape index (κ1) is 24.1. The highest BCUT2D eigenvalue weighted by Gasteiger charge is 2.12. The van der Waals surface area contributed by atoms with Gasteiger partial charge in [0.2, 0.25) is 5.43 Å². The van der Waals surface area contributed by atoms with Crippen LogP contribution in [0.1, 0.15) is 68.6 Å². The van der Waals surface area contributed by atoms with E-state index in [2.05, 4.69) is 6.92 Å². The molecule has 0 aliphatic heterocycles. The zero-order valence-corrected chi connectivity index (χ0v) is 17.9. The molecule has 0 aromatic heterocycles. The molecular formula is C24H29NO6. The zero-order valence-electron chi connectivity index (χ0n) is 17.9. The molecule has 0 bridgehead atoms. The van der Waals surface area contributed by atoms with Gasteiger partial charge in [-0.2, -0.15) is 0 Å². The van der Waals surface area contributed by atoms with Gasteiger partial charge < -0.3 is 9.47 Å². The fourth-order valence-corrected chi connectivity index (χ4v) is 3.02. The molecule has 31 heavy (non-hydrogen) atoms. The molecule has 0 aliphatic carbocycles. The summed E-state index contributed by atoms with van der Waals surface area (Å²) in [6.45, 7) is 2.84. The van der Waals surface area contributed by atoms with Gasteiger partial charge in [-0.3, -0.25) is 14.9 Å². The molecule has 2 rings (SSSR count). The monoisotopic (exact) mass is 427 g/mol. The van der Waals surface area contributed by atoms with Gasteiger partial charge in [0.25, 0.3) is 5.69 Å². The molecule has 2 aromatic carbocycles. The predicted molar refractivity (Wildman–Crippen MR) is 119 cm³/mol. The molecular weight excluding hydrogens is 398 g/mol. The SMILES string of the molecule is CCCCCCCCCCOc1ccc(C(=O)Oc2ccc([N+](=O)[O-])ccc2=O)cc1. The summed E-state index contributed by atoms with van der Waals surface area (Å²) in [5.41, 5.74) is -0.635. The van der Waals surface area contributed by atoms with Crippen molar-refractivity contribution in [1.82, 2.24) is 0 Å². The average molecular weight is 427 g/mol. The van der Waals surface area contributed by atoms with Crippen LogP contribution < -0.4 is 14.9 Å². The van der Waals surface area contributed by atoms with Crippen molar-refractivity contribution >= 4 is 11.7 Å². The number of hydrogen-bond donors (Lipinski definition) is 0. The van der Waals surface area contributed by atoms with Crippen molar-refractivity contribution in [2.24, 2.45) is 0 Å². The van der Waals surface area contributed by atoms with Crippen LogP contribution in [0.4, 0.5) is 5.69 Å². The van der Waals surface area contributed by atoms with E-state index < -0.39 is 16.3 Å². The second-order valence-corrected chi connectivity index (χ2v) is 7.31. The fourth-order valence-electron chi connectivity index (χ4n) is 3.02. The number of rotatable bonds is 13. The highest BCUT2D eigenvalue weighted by atomic mass is 16.6. The predicted octanol–water partition coefficient (Wildman–Crippen LogP) is 5.69. The van der Waals surface area contributed by atoms with Gasteiger partial charge in [-0.25, -0.2) is 4.79 Å². The van der Waals surface area contributed by atoms with Crippen LogP contribution in [-0.2, 0) is 0 Å². The minimum Gasteiger partial charge on any atom is -0.494 e. The number of nitro groups is 1. The van der Waals surface area contributed by atoms with E-state index in [1.165, 1.54) is 38.5 Å². The average Bonchev–Trinajstić information content (AvgIpc) is 2.94. The smallest absolute Gasteiger partial charge is 0.343 e. The molecule has 0 saturated heterocycles. The van der Waals surface area contributed by atoms with Gasteiger partial charge in [0.1, 0.15) is 5.75 Å². The van der Waals surface area contributed by atoms with Gasteiger partial charge in [0.05, 0.1) is 17.1 Å². The lowest BCUT2D eigenvalue weighted by molar-refractivity contribution is -0.384. The highest BCUT2D eigenvalue weighted by molar-refractivity contribution is 5.91. The lowest BCUT2D eigenvalue weighted by Gasteiger charge is -2.07. The summed E-state index contributed by atoms with van der Waals surface area (Å²) in [6.07, 6.45) is 9.83. The third-order valence-corrected chi connectivity index (χ3v) is 4.82. The Labute approximate surface area is 182 Å². The minimum absolute atomic E-state index is 0.250. The Bertz CT molecular complexity index is 911. The van der Waals surface area contributed by atoms with E-state index in [1.54, 1.807) is 24.3 Å². The summed E-state index contributed by atoms with van der Waals surface area (Å²) < 4.78 is 10.8. The van der Waals surface area contributed by atoms with Gasteiger partial charge in [0, 0.05) is 12.1 Å². The van der Waals surface area contributed by atoms with Crippen LogP contribution in [0.3, 0.4) is 0 Å². The summed E-state index contributed by atoms with van der Waals surface area (Å²) in [4.78, 5) is 34.4. The second-order valence-electron chi connectivity index (χ2n) is 7.31. The number of benzene rings is 1. The number of nitrogens with zero attached hydrogens (tertiary/aromatic N) is 1. The molecule has 0 radical (unpaired) electrons. The Morgan fingerprint density at radius 2 is 1.48 bits per heavy atom. The molecule has 0 N–H and O–H groups in total. The van der Waals surface area contributed by atoms with Crippen molar-refractivity contribution < 1.29 is 19.2 Å². The standard InChI is InChI=1S/C24H29NO6/c1-2-3-4-5-6-7-8-9-18-30-21-14-10-19(11-15-21)24(27)31-23-17-13-20(25(28)29)12-16-22(23)26/h10-17H,2-9,18H2,1H3. The van der Waals surface area contributed by atoms with Crippen molar-refractivity contribution in [3.05, 3.63) is 74.4 Å². The van der Waals surface area contributed by atoms with E-state index in [1.807, 2.05) is 0 Å². The minimum atomic E-state index is -0.722. The van der Waals surface area contributed by atoms with Gasteiger partial charge in [-0.1, -0.05) is 51.9 Å². The van der Waals surface area contributed by atoms with E-state index in [0.717, 1.165) is 37.1 Å². The quantitative estimate of drug-likeness (QED) is 0.176. The maximum absolute atomic E-state index is 12.3. The zero-order chi connectivity index (χ0) is 22.5. The Morgan fingerprint density at radius 1 is 0.871 bits per heavy atom. The molecule has 0 amide bonds. The van der Waals surface area contributed by atoms with Crippen LogP contribution in [-0.4, -0.2) is 17.5 Å². The van der Waals surface area contributed by atoms with Crippen molar-refractivity contribution in [3.63, 3.8) is 0 Å². The van der Waals surface area contributed by atoms with Crippen LogP contribution >= 0.6 is 0 Å². The number of unbranched alkanes of at least 4 members (excludes halogenated alkanes) is 7. The Morgan fingerprint density at radius 3 is 2.13 bits per heavy atom. The van der Waals surface area contributed by atoms with Crippen LogP contribution in [0, 0.1) is 10.1 Å². The van der Waals surface area contributed by atoms with Crippen LogP contribution in [0.2, 0.25) is 0 Å². The van der Waals surface area contributed by atoms with Crippen LogP contribution in [0.15, 0.2) is 53.3 Å². The molecule has 0 atom stereocenters. The maximum atomic E-state index is 12.3. The topological polar surface area (TPSA) is 95.7 Å². The second kappa shape index (κ2) is 13.2. The van der Waals surface area contributed by atoms with E-state index in [4.69, 9.17) is 9.47 Å². The number of esters is 1. The van der Waals surface area contributed by atoms with Crippen LogP contribution in [0.25, 0.3) is 0 Å². The van der Waals surface area contributed by atoms with Gasteiger partial charge in [-0.05, 0) is 42.8 Å². The number of carbonyl (C=O) groups is 1. The summed E-state index contributed by atoms with van der Waals surface area (Å²) in [5.74, 6) is -0.334. The lowest BCUT2D eigenvalue weighted by Crippen LogP contribution is -2.13. The fraction of sp³-hybridized carbons (Fsp3) is 0.417. The molecule has 0 fully saturated rings. The number of carbonyl (C=O) groups excluding carboxylic acids is 1. The molecule has 2 aromatic rings. The highest BCUT2D eigenvalue weighted by Crippen LogP contribution is 2.16. The first-order chi connectivity index (χ1) is 15.0. The summed E-state index contributed by atoms with van der Waals surface area (Å²) >= 11 is 0. The van der Waals surface area contributed by atoms with E-state index in [0.29, 0.717) is 12.4 Å². The Kier molecular flexibility index (Phi) is 10.2. The first-order valence-corrected chi connectivity index (χ1v) is 10.7. The van der Waals surface area contributed by atoms with E-state index >= 15 is 0 Å². The number of ether oxygens (including phenoxy) is 2. The van der Waals surface area contributed by atoms with E-state index in [-0.39, 0.29) is 17.0 Å². The summed E-state index contributed by atoms with van der Waals surface area (Å²) in [7, 11) is 0. The molecule has 7 nitrogen and oxygen atoms in total. The molecule has 0 aliphatic rings. The van der Waals surface area contributed by atoms with Crippen molar-refractivity contribution in [2.45, 2.75) is 58.3 Å². The molecule has 7 heteroatoms. The Balaban J connectivity index is 1.79. The third-order valence-electron chi connectivity index (χ3n) is 4.82. The van der Waals surface area contributed by atoms with Crippen molar-refractivity contribution in [1.29, 1.82) is 0 Å². The van der Waals surface area contributed by atoms with Gasteiger partial charge >= 0.3 is 5.97 Å². The van der Waals surface area contributed by atoms with Crippen molar-refractivity contribution in [2.75, 3.05) is 6.61 Å². The molecule has 0 saturated carbocycles. The van der Waals surface area contributed by atoms with Crippen molar-refractivity contribution in [3.8, 4) is 11.5 Å². The maximum Gasteiger partial charge on any atom is 0.343 e. The molecule has 0 unspecified atom stereocenters. The number of hydrogen-bond acceptors (Lipinski definition) is 6. The normalized spacial score (nSPS) is 10.5. The van der Waals surface area contributed by atoms with Gasteiger partial charge in [-0.15, -0.1) is 0 Å². The summed E-state index contributed by atoms with van der Waals surface area (Å²) in [5, 5.41) is 10.8. The third kappa shape index (κ3) is 8.58. The first-order valence-electron chi connectivity index (χ1n) is 10.7. The largest absolute Gasteiger partial charge is 0.494 e. The Hall–Kier alpha value is -3.22. The lowest BCUT2D eigenvalue weighted by atomic mass is 10.1. The summed E-state index contributed by atoms with van der Waals surface area (Å²) in [6, 6.07) is 10.8. The molecule has 0 heterocycles. The van der Waals surface area contributed by atoms with Crippen LogP contribution in [0.5, 0.6) is 11.5 Å². The molecule has 166 valence electrons. The molecule has 0 spiro atoms.